The minimum absolute atomic E-state index is 0.00702. The van der Waals surface area contributed by atoms with Crippen LogP contribution in [-0.2, 0) is 14.6 Å². The monoisotopic (exact) mass is 405 g/mol. The quantitative estimate of drug-likeness (QED) is 0.765. The van der Waals surface area contributed by atoms with Gasteiger partial charge in [-0.25, -0.2) is 8.42 Å². The van der Waals surface area contributed by atoms with Crippen molar-refractivity contribution in [3.63, 3.8) is 0 Å². The van der Waals surface area contributed by atoms with Crippen molar-refractivity contribution in [3.05, 3.63) is 51.7 Å². The van der Waals surface area contributed by atoms with Crippen LogP contribution in [0, 0.1) is 19.8 Å². The summed E-state index contributed by atoms with van der Waals surface area (Å²) in [6.45, 7) is 3.83. The molecule has 1 aliphatic rings. The summed E-state index contributed by atoms with van der Waals surface area (Å²) in [6, 6.07) is 9.18. The maximum atomic E-state index is 13.4. The standard InChI is InChI=1S/C21H27NO3S2/c1-15-10-11-16(2)19(13-15)27(24,25)20(18-9-6-12-26-18)14-22-21(23)17-7-4-3-5-8-17/h6,9-13,17,20H,3-5,7-8,14H2,1-2H3,(H,22,23)/t20-/m0/s1. The first kappa shape index (κ1) is 20.1. The summed E-state index contributed by atoms with van der Waals surface area (Å²) in [5.41, 5.74) is 1.65. The number of carbonyl (C=O) groups is 1. The number of nitrogens with one attached hydrogen (secondary N) is 1. The molecule has 1 aliphatic carbocycles. The van der Waals surface area contributed by atoms with Gasteiger partial charge in [0.2, 0.25) is 5.91 Å². The van der Waals surface area contributed by atoms with Gasteiger partial charge in [0.15, 0.2) is 9.84 Å². The van der Waals surface area contributed by atoms with Gasteiger partial charge in [0.25, 0.3) is 0 Å². The molecule has 1 atom stereocenters. The molecule has 1 amide bonds. The Hall–Kier alpha value is -1.66. The van der Waals surface area contributed by atoms with E-state index in [1.807, 2.05) is 43.5 Å². The van der Waals surface area contributed by atoms with Gasteiger partial charge < -0.3 is 5.32 Å². The Morgan fingerprint density at radius 3 is 2.59 bits per heavy atom. The highest BCUT2D eigenvalue weighted by Gasteiger charge is 2.32. The fourth-order valence-electron chi connectivity index (χ4n) is 3.71. The van der Waals surface area contributed by atoms with E-state index in [1.165, 1.54) is 17.8 Å². The van der Waals surface area contributed by atoms with Crippen LogP contribution in [0.25, 0.3) is 0 Å². The number of rotatable bonds is 6. The van der Waals surface area contributed by atoms with Crippen molar-refractivity contribution in [1.82, 2.24) is 5.32 Å². The van der Waals surface area contributed by atoms with Crippen LogP contribution in [0.3, 0.4) is 0 Å². The predicted molar refractivity (Wildman–Crippen MR) is 110 cm³/mol. The van der Waals surface area contributed by atoms with Gasteiger partial charge in [-0.15, -0.1) is 11.3 Å². The summed E-state index contributed by atoms with van der Waals surface area (Å²) in [5, 5.41) is 4.06. The molecule has 0 bridgehead atoms. The number of hydrogen-bond acceptors (Lipinski definition) is 4. The molecule has 0 spiro atoms. The molecule has 6 heteroatoms. The Kier molecular flexibility index (Phi) is 6.37. The predicted octanol–water partition coefficient (Wildman–Crippen LogP) is 4.58. The van der Waals surface area contributed by atoms with Crippen molar-refractivity contribution in [3.8, 4) is 0 Å². The molecule has 1 heterocycles. The molecule has 0 unspecified atom stereocenters. The van der Waals surface area contributed by atoms with E-state index < -0.39 is 15.1 Å². The third-order valence-corrected chi connectivity index (χ3v) is 8.68. The largest absolute Gasteiger partial charge is 0.354 e. The Morgan fingerprint density at radius 2 is 1.93 bits per heavy atom. The number of thiophene rings is 1. The van der Waals surface area contributed by atoms with Crippen molar-refractivity contribution in [2.45, 2.75) is 56.1 Å². The first-order chi connectivity index (χ1) is 12.9. The topological polar surface area (TPSA) is 63.2 Å². The molecule has 1 aromatic heterocycles. The lowest BCUT2D eigenvalue weighted by molar-refractivity contribution is -0.125. The second kappa shape index (κ2) is 8.57. The van der Waals surface area contributed by atoms with Crippen molar-refractivity contribution in [1.29, 1.82) is 0 Å². The van der Waals surface area contributed by atoms with Crippen LogP contribution in [0.1, 0.15) is 53.4 Å². The second-order valence-corrected chi connectivity index (χ2v) is 10.5. The zero-order valence-corrected chi connectivity index (χ0v) is 17.5. The average Bonchev–Trinajstić information content (AvgIpc) is 3.18. The van der Waals surface area contributed by atoms with Crippen molar-refractivity contribution >= 4 is 27.1 Å². The summed E-state index contributed by atoms with van der Waals surface area (Å²) in [4.78, 5) is 13.7. The van der Waals surface area contributed by atoms with E-state index in [9.17, 15) is 13.2 Å². The summed E-state index contributed by atoms with van der Waals surface area (Å²) < 4.78 is 26.9. The Bertz CT molecular complexity index is 882. The summed E-state index contributed by atoms with van der Waals surface area (Å²) in [6.07, 6.45) is 5.14. The van der Waals surface area contributed by atoms with Gasteiger partial charge in [0.1, 0.15) is 5.25 Å². The third kappa shape index (κ3) is 4.61. The maximum absolute atomic E-state index is 13.4. The van der Waals surface area contributed by atoms with Crippen LogP contribution in [0.4, 0.5) is 0 Å². The molecule has 1 saturated carbocycles. The lowest BCUT2D eigenvalue weighted by Crippen LogP contribution is -2.36. The molecule has 1 aromatic carbocycles. The highest BCUT2D eigenvalue weighted by molar-refractivity contribution is 7.92. The third-order valence-electron chi connectivity index (χ3n) is 5.32. The second-order valence-electron chi connectivity index (χ2n) is 7.40. The molecule has 0 saturated heterocycles. The van der Waals surface area contributed by atoms with Gasteiger partial charge in [0.05, 0.1) is 4.90 Å². The van der Waals surface area contributed by atoms with Gasteiger partial charge in [-0.3, -0.25) is 4.79 Å². The van der Waals surface area contributed by atoms with Gasteiger partial charge >= 0.3 is 0 Å². The summed E-state index contributed by atoms with van der Waals surface area (Å²) >= 11 is 1.42. The molecule has 2 aromatic rings. The highest BCUT2D eigenvalue weighted by Crippen LogP contribution is 2.33. The van der Waals surface area contributed by atoms with Crippen molar-refractivity contribution < 1.29 is 13.2 Å². The molecular weight excluding hydrogens is 378 g/mol. The van der Waals surface area contributed by atoms with Gasteiger partial charge in [-0.05, 0) is 55.3 Å². The van der Waals surface area contributed by atoms with Crippen LogP contribution in [-0.4, -0.2) is 20.9 Å². The zero-order valence-electron chi connectivity index (χ0n) is 15.9. The van der Waals surface area contributed by atoms with E-state index in [-0.39, 0.29) is 18.4 Å². The minimum atomic E-state index is -3.61. The van der Waals surface area contributed by atoms with Crippen LogP contribution >= 0.6 is 11.3 Å². The first-order valence-corrected chi connectivity index (χ1v) is 11.9. The normalized spacial score (nSPS) is 16.8. The number of hydrogen-bond donors (Lipinski definition) is 1. The van der Waals surface area contributed by atoms with Crippen LogP contribution < -0.4 is 5.32 Å². The minimum Gasteiger partial charge on any atom is -0.354 e. The lowest BCUT2D eigenvalue weighted by atomic mass is 9.89. The molecule has 0 aliphatic heterocycles. The Morgan fingerprint density at radius 1 is 1.19 bits per heavy atom. The SMILES string of the molecule is Cc1ccc(C)c(S(=O)(=O)[C@@H](CNC(=O)C2CCCCC2)c2cccs2)c1. The van der Waals surface area contributed by atoms with Gasteiger partial charge in [-0.1, -0.05) is 37.5 Å². The molecule has 0 radical (unpaired) electrons. The number of benzene rings is 1. The lowest BCUT2D eigenvalue weighted by Gasteiger charge is -2.23. The summed E-state index contributed by atoms with van der Waals surface area (Å²) in [7, 11) is -3.61. The average molecular weight is 406 g/mol. The van der Waals surface area contributed by atoms with Crippen LogP contribution in [0.5, 0.6) is 0 Å². The van der Waals surface area contributed by atoms with Gasteiger partial charge in [0, 0.05) is 17.3 Å². The smallest absolute Gasteiger partial charge is 0.223 e. The molecule has 27 heavy (non-hydrogen) atoms. The number of carbonyl (C=O) groups excluding carboxylic acids is 1. The molecule has 1 N–H and O–H groups in total. The van der Waals surface area contributed by atoms with Crippen molar-refractivity contribution in [2.24, 2.45) is 5.92 Å². The molecule has 1 fully saturated rings. The van der Waals surface area contributed by atoms with E-state index in [1.54, 1.807) is 6.07 Å². The number of sulfone groups is 1. The van der Waals surface area contributed by atoms with E-state index >= 15 is 0 Å². The molecule has 3 rings (SSSR count). The Balaban J connectivity index is 1.85. The zero-order chi connectivity index (χ0) is 19.4. The summed E-state index contributed by atoms with van der Waals surface area (Å²) in [5.74, 6) is 0.0126. The maximum Gasteiger partial charge on any atom is 0.223 e. The fraction of sp³-hybridized carbons (Fsp3) is 0.476. The van der Waals surface area contributed by atoms with Crippen molar-refractivity contribution in [2.75, 3.05) is 6.54 Å². The number of aryl methyl sites for hydroxylation is 2. The molecule has 4 nitrogen and oxygen atoms in total. The van der Waals surface area contributed by atoms with E-state index in [4.69, 9.17) is 0 Å². The number of amides is 1. The van der Waals surface area contributed by atoms with Crippen LogP contribution in [0.2, 0.25) is 0 Å². The van der Waals surface area contributed by atoms with E-state index in [2.05, 4.69) is 5.32 Å². The van der Waals surface area contributed by atoms with E-state index in [0.29, 0.717) is 4.90 Å². The van der Waals surface area contributed by atoms with Gasteiger partial charge in [-0.2, -0.15) is 0 Å². The van der Waals surface area contributed by atoms with Crippen LogP contribution in [0.15, 0.2) is 40.6 Å². The fourth-order valence-corrected chi connectivity index (χ4v) is 6.82. The highest BCUT2D eigenvalue weighted by atomic mass is 32.2. The van der Waals surface area contributed by atoms with E-state index in [0.717, 1.165) is 41.7 Å². The molecular formula is C21H27NO3S2. The molecule has 146 valence electrons. The Labute approximate surface area is 165 Å². The first-order valence-electron chi connectivity index (χ1n) is 9.52.